The van der Waals surface area contributed by atoms with Gasteiger partial charge < -0.3 is 10.1 Å². The average Bonchev–Trinajstić information content (AvgIpc) is 2.81. The molecule has 0 heterocycles. The van der Waals surface area contributed by atoms with Gasteiger partial charge in [-0.2, -0.15) is 0 Å². The van der Waals surface area contributed by atoms with E-state index in [-0.39, 0.29) is 23.5 Å². The molecule has 8 heteroatoms. The topological polar surface area (TPSA) is 75.7 Å². The van der Waals surface area contributed by atoms with Gasteiger partial charge in [0.2, 0.25) is 5.91 Å². The first-order valence-corrected chi connectivity index (χ1v) is 13.3. The lowest BCUT2D eigenvalue weighted by molar-refractivity contribution is -0.119. The predicted octanol–water partition coefficient (Wildman–Crippen LogP) is 5.38. The fourth-order valence-electron chi connectivity index (χ4n) is 3.55. The third kappa shape index (κ3) is 7.73. The number of carbonyl (C=O) groups is 1. The molecule has 1 N–H and O–H groups in total. The molecule has 0 radical (unpaired) electrons. The summed E-state index contributed by atoms with van der Waals surface area (Å²) < 4.78 is 33.6. The first kappa shape index (κ1) is 26.6. The zero-order valence-electron chi connectivity index (χ0n) is 20.2. The summed E-state index contributed by atoms with van der Waals surface area (Å²) in [5.41, 5.74) is 2.46. The fraction of sp³-hybridized carbons (Fsp3) is 0.296. The summed E-state index contributed by atoms with van der Waals surface area (Å²) in [6.07, 6.45) is 1.64. The molecule has 3 rings (SSSR count). The molecule has 3 aromatic rings. The Labute approximate surface area is 212 Å². The van der Waals surface area contributed by atoms with Crippen LogP contribution in [0.5, 0.6) is 5.75 Å². The molecule has 0 bridgehead atoms. The van der Waals surface area contributed by atoms with E-state index in [1.165, 1.54) is 24.3 Å². The number of amides is 1. The van der Waals surface area contributed by atoms with Gasteiger partial charge in [-0.1, -0.05) is 35.9 Å². The van der Waals surface area contributed by atoms with Gasteiger partial charge >= 0.3 is 0 Å². The number of ether oxygens (including phenoxy) is 1. The van der Waals surface area contributed by atoms with Crippen molar-refractivity contribution in [2.45, 2.75) is 44.6 Å². The van der Waals surface area contributed by atoms with Crippen LogP contribution in [0.3, 0.4) is 0 Å². The molecule has 0 aliphatic rings. The largest absolute Gasteiger partial charge is 0.491 e. The van der Waals surface area contributed by atoms with Crippen LogP contribution in [-0.2, 0) is 21.2 Å². The third-order valence-electron chi connectivity index (χ3n) is 5.24. The van der Waals surface area contributed by atoms with Crippen molar-refractivity contribution in [3.8, 4) is 5.75 Å². The van der Waals surface area contributed by atoms with Gasteiger partial charge in [-0.25, -0.2) is 8.42 Å². The number of halogens is 1. The molecule has 0 aliphatic heterocycles. The van der Waals surface area contributed by atoms with Crippen molar-refractivity contribution in [3.63, 3.8) is 0 Å². The summed E-state index contributed by atoms with van der Waals surface area (Å²) in [7, 11) is -3.97. The van der Waals surface area contributed by atoms with E-state index in [9.17, 15) is 13.2 Å². The van der Waals surface area contributed by atoms with E-state index in [0.717, 1.165) is 34.0 Å². The van der Waals surface area contributed by atoms with Gasteiger partial charge in [-0.15, -0.1) is 0 Å². The predicted molar refractivity (Wildman–Crippen MR) is 141 cm³/mol. The molecule has 0 fully saturated rings. The summed E-state index contributed by atoms with van der Waals surface area (Å²) in [5.74, 6) is 0.458. The number of nitrogens with one attached hydrogen (secondary N) is 1. The monoisotopic (exact) mass is 514 g/mol. The maximum Gasteiger partial charge on any atom is 0.264 e. The van der Waals surface area contributed by atoms with Crippen LogP contribution in [0.1, 0.15) is 31.4 Å². The second-order valence-electron chi connectivity index (χ2n) is 8.57. The van der Waals surface area contributed by atoms with Gasteiger partial charge in [0.05, 0.1) is 16.7 Å². The van der Waals surface area contributed by atoms with Crippen LogP contribution >= 0.6 is 11.6 Å². The second kappa shape index (κ2) is 12.1. The molecule has 0 spiro atoms. The van der Waals surface area contributed by atoms with Crippen LogP contribution in [0.4, 0.5) is 5.69 Å². The molecular formula is C27H31ClN2O4S. The van der Waals surface area contributed by atoms with E-state index in [4.69, 9.17) is 16.3 Å². The van der Waals surface area contributed by atoms with Gasteiger partial charge in [0.15, 0.2) is 0 Å². The van der Waals surface area contributed by atoms with E-state index < -0.39 is 10.0 Å². The van der Waals surface area contributed by atoms with Gasteiger partial charge in [-0.05, 0) is 93.3 Å². The standard InChI is InChI=1S/C27H31ClN2O4S/c1-20(2)34-25-13-9-22(10-14-25)7-5-17-29-27(31)19-30(24-8-4-6-21(3)18-24)35(32,33)26-15-11-23(28)12-16-26/h4,6,8-16,18,20H,5,7,17,19H2,1-3H3,(H,29,31). The molecule has 1 amide bonds. The molecule has 186 valence electrons. The normalized spacial score (nSPS) is 11.3. The summed E-state index contributed by atoms with van der Waals surface area (Å²) in [4.78, 5) is 12.8. The SMILES string of the molecule is Cc1cccc(N(CC(=O)NCCCc2ccc(OC(C)C)cc2)S(=O)(=O)c2ccc(Cl)cc2)c1. The van der Waals surface area contributed by atoms with E-state index >= 15 is 0 Å². The molecule has 0 aromatic heterocycles. The lowest BCUT2D eigenvalue weighted by atomic mass is 10.1. The number of hydrogen-bond acceptors (Lipinski definition) is 4. The Morgan fingerprint density at radius 2 is 1.71 bits per heavy atom. The highest BCUT2D eigenvalue weighted by molar-refractivity contribution is 7.92. The van der Waals surface area contributed by atoms with Gasteiger partial charge in [0.25, 0.3) is 10.0 Å². The van der Waals surface area contributed by atoms with Crippen LogP contribution in [0, 0.1) is 6.92 Å². The Hall–Kier alpha value is -3.03. The van der Waals surface area contributed by atoms with Crippen molar-refractivity contribution >= 4 is 33.2 Å². The number of carbonyl (C=O) groups excluding carboxylic acids is 1. The zero-order valence-corrected chi connectivity index (χ0v) is 21.8. The quantitative estimate of drug-likeness (QED) is 0.348. The Morgan fingerprint density at radius 3 is 2.34 bits per heavy atom. The number of nitrogens with zero attached hydrogens (tertiary/aromatic N) is 1. The number of hydrogen-bond donors (Lipinski definition) is 1. The van der Waals surface area contributed by atoms with Crippen LogP contribution in [-0.4, -0.2) is 33.5 Å². The van der Waals surface area contributed by atoms with Crippen molar-refractivity contribution in [2.24, 2.45) is 0 Å². The highest BCUT2D eigenvalue weighted by Crippen LogP contribution is 2.25. The minimum Gasteiger partial charge on any atom is -0.491 e. The van der Waals surface area contributed by atoms with Gasteiger partial charge in [0.1, 0.15) is 12.3 Å². The van der Waals surface area contributed by atoms with E-state index in [0.29, 0.717) is 17.3 Å². The smallest absolute Gasteiger partial charge is 0.264 e. The maximum atomic E-state index is 13.4. The van der Waals surface area contributed by atoms with Crippen LogP contribution in [0.25, 0.3) is 0 Å². The van der Waals surface area contributed by atoms with Crippen LogP contribution in [0.15, 0.2) is 77.7 Å². The lowest BCUT2D eigenvalue weighted by Crippen LogP contribution is -2.41. The Bertz CT molecular complexity index is 1230. The zero-order chi connectivity index (χ0) is 25.4. The number of benzene rings is 3. The van der Waals surface area contributed by atoms with E-state index in [2.05, 4.69) is 5.32 Å². The summed E-state index contributed by atoms with van der Waals surface area (Å²) in [5, 5.41) is 3.28. The van der Waals surface area contributed by atoms with E-state index in [1.807, 2.05) is 51.1 Å². The minimum atomic E-state index is -3.97. The van der Waals surface area contributed by atoms with E-state index in [1.54, 1.807) is 18.2 Å². The van der Waals surface area contributed by atoms with Gasteiger partial charge in [0, 0.05) is 11.6 Å². The van der Waals surface area contributed by atoms with Crippen molar-refractivity contribution < 1.29 is 17.9 Å². The Kier molecular flexibility index (Phi) is 9.18. The van der Waals surface area contributed by atoms with Crippen molar-refractivity contribution in [2.75, 3.05) is 17.4 Å². The van der Waals surface area contributed by atoms with Crippen LogP contribution < -0.4 is 14.4 Å². The fourth-order valence-corrected chi connectivity index (χ4v) is 5.08. The highest BCUT2D eigenvalue weighted by Gasteiger charge is 2.27. The summed E-state index contributed by atoms with van der Waals surface area (Å²) >= 11 is 5.93. The average molecular weight is 515 g/mol. The molecule has 0 atom stereocenters. The first-order valence-electron chi connectivity index (χ1n) is 11.5. The summed E-state index contributed by atoms with van der Waals surface area (Å²) in [6.45, 7) is 5.95. The highest BCUT2D eigenvalue weighted by atomic mass is 35.5. The number of anilines is 1. The Morgan fingerprint density at radius 1 is 1.03 bits per heavy atom. The first-order chi connectivity index (χ1) is 16.6. The number of rotatable bonds is 11. The van der Waals surface area contributed by atoms with Gasteiger partial charge in [-0.3, -0.25) is 9.10 Å². The molecule has 0 unspecified atom stereocenters. The molecule has 35 heavy (non-hydrogen) atoms. The van der Waals surface area contributed by atoms with Crippen molar-refractivity contribution in [3.05, 3.63) is 88.9 Å². The van der Waals surface area contributed by atoms with Crippen LogP contribution in [0.2, 0.25) is 5.02 Å². The number of sulfonamides is 1. The molecule has 0 aliphatic carbocycles. The molecular weight excluding hydrogens is 484 g/mol. The lowest BCUT2D eigenvalue weighted by Gasteiger charge is -2.24. The number of aryl methyl sites for hydroxylation is 2. The third-order valence-corrected chi connectivity index (χ3v) is 7.28. The maximum absolute atomic E-state index is 13.4. The Balaban J connectivity index is 1.63. The molecule has 6 nitrogen and oxygen atoms in total. The minimum absolute atomic E-state index is 0.0705. The van der Waals surface area contributed by atoms with Crippen molar-refractivity contribution in [1.82, 2.24) is 5.32 Å². The summed E-state index contributed by atoms with van der Waals surface area (Å²) in [6, 6.07) is 20.9. The second-order valence-corrected chi connectivity index (χ2v) is 10.9. The van der Waals surface area contributed by atoms with Crippen molar-refractivity contribution in [1.29, 1.82) is 0 Å². The molecule has 0 saturated carbocycles. The molecule has 3 aromatic carbocycles. The molecule has 0 saturated heterocycles.